The van der Waals surface area contributed by atoms with Crippen molar-refractivity contribution >= 4 is 46.5 Å². The van der Waals surface area contributed by atoms with E-state index >= 15 is 0 Å². The molecule has 172 valence electrons. The second kappa shape index (κ2) is 9.82. The van der Waals surface area contributed by atoms with Gasteiger partial charge in [-0.05, 0) is 60.7 Å². The lowest BCUT2D eigenvalue weighted by molar-refractivity contribution is -0.115. The molecule has 0 unspecified atom stereocenters. The zero-order chi connectivity index (χ0) is 24.2. The lowest BCUT2D eigenvalue weighted by Crippen LogP contribution is -2.42. The van der Waals surface area contributed by atoms with E-state index < -0.39 is 0 Å². The van der Waals surface area contributed by atoms with Crippen LogP contribution in [-0.4, -0.2) is 29.3 Å². The van der Waals surface area contributed by atoms with E-state index in [0.717, 1.165) is 4.90 Å². The summed E-state index contributed by atoms with van der Waals surface area (Å²) in [7, 11) is 0. The van der Waals surface area contributed by atoms with Gasteiger partial charge >= 0.3 is 0 Å². The zero-order valence-corrected chi connectivity index (χ0v) is 19.3. The van der Waals surface area contributed by atoms with Gasteiger partial charge in [-0.15, -0.1) is 0 Å². The van der Waals surface area contributed by atoms with E-state index in [9.17, 15) is 14.4 Å². The Morgan fingerprint density at radius 1 is 0.886 bits per heavy atom. The van der Waals surface area contributed by atoms with Crippen LogP contribution in [-0.2, 0) is 4.79 Å². The Balaban J connectivity index is 1.31. The van der Waals surface area contributed by atoms with Crippen LogP contribution in [0.15, 0.2) is 107 Å². The van der Waals surface area contributed by atoms with E-state index in [4.69, 9.17) is 0 Å². The summed E-state index contributed by atoms with van der Waals surface area (Å²) in [6, 6.07) is 26.9. The van der Waals surface area contributed by atoms with Crippen LogP contribution >= 0.6 is 11.8 Å². The first kappa shape index (κ1) is 22.4. The third-order valence-corrected chi connectivity index (χ3v) is 6.41. The molecule has 0 saturated heterocycles. The predicted octanol–water partition coefficient (Wildman–Crippen LogP) is 5.08. The van der Waals surface area contributed by atoms with Gasteiger partial charge in [0, 0.05) is 22.3 Å². The molecular weight excluding hydrogens is 460 g/mol. The van der Waals surface area contributed by atoms with Gasteiger partial charge < -0.3 is 10.6 Å². The maximum absolute atomic E-state index is 13.1. The number of pyridine rings is 1. The van der Waals surface area contributed by atoms with Gasteiger partial charge in [-0.3, -0.25) is 19.3 Å². The van der Waals surface area contributed by atoms with Gasteiger partial charge in [0.25, 0.3) is 11.8 Å². The number of benzene rings is 3. The number of anilines is 3. The van der Waals surface area contributed by atoms with Crippen LogP contribution < -0.4 is 15.5 Å². The van der Waals surface area contributed by atoms with E-state index in [1.54, 1.807) is 60.8 Å². The van der Waals surface area contributed by atoms with Crippen molar-refractivity contribution in [2.24, 2.45) is 0 Å². The minimum atomic E-state index is -0.294. The highest BCUT2D eigenvalue weighted by Gasteiger charge is 2.27. The summed E-state index contributed by atoms with van der Waals surface area (Å²) < 4.78 is 0. The number of nitrogens with zero attached hydrogens (tertiary/aromatic N) is 2. The van der Waals surface area contributed by atoms with Gasteiger partial charge in [0.1, 0.15) is 11.6 Å². The highest BCUT2D eigenvalue weighted by Crippen LogP contribution is 2.31. The molecule has 0 aliphatic carbocycles. The third-order valence-electron chi connectivity index (χ3n) is 5.38. The maximum Gasteiger partial charge on any atom is 0.258 e. The van der Waals surface area contributed by atoms with Gasteiger partial charge in [0.05, 0.1) is 16.9 Å². The van der Waals surface area contributed by atoms with E-state index in [1.165, 1.54) is 16.7 Å². The van der Waals surface area contributed by atoms with Gasteiger partial charge in [-0.1, -0.05) is 42.1 Å². The summed E-state index contributed by atoms with van der Waals surface area (Å²) in [5.41, 5.74) is 2.66. The Bertz CT molecular complexity index is 1410. The van der Waals surface area contributed by atoms with Crippen molar-refractivity contribution in [2.75, 3.05) is 22.1 Å². The van der Waals surface area contributed by atoms with Crippen LogP contribution in [0.25, 0.3) is 0 Å². The molecule has 1 aromatic heterocycles. The number of aromatic nitrogens is 1. The number of fused-ring (bicyclic) bond motifs is 1. The molecule has 0 saturated carbocycles. The average molecular weight is 481 g/mol. The monoisotopic (exact) mass is 480 g/mol. The molecular formula is C27H20N4O3S. The minimum Gasteiger partial charge on any atom is -0.323 e. The number of carbonyl (C=O) groups excluding carboxylic acids is 3. The van der Waals surface area contributed by atoms with Crippen molar-refractivity contribution in [1.82, 2.24) is 4.98 Å². The van der Waals surface area contributed by atoms with E-state index in [-0.39, 0.29) is 24.3 Å². The largest absolute Gasteiger partial charge is 0.323 e. The second-order valence-electron chi connectivity index (χ2n) is 7.76. The van der Waals surface area contributed by atoms with E-state index in [0.29, 0.717) is 33.2 Å². The summed E-state index contributed by atoms with van der Waals surface area (Å²) in [5, 5.41) is 6.25. The van der Waals surface area contributed by atoms with Crippen LogP contribution in [0.3, 0.4) is 0 Å². The number of hydrogen-bond donors (Lipinski definition) is 2. The first-order valence-electron chi connectivity index (χ1n) is 10.9. The molecule has 0 atom stereocenters. The summed E-state index contributed by atoms with van der Waals surface area (Å²) in [6.07, 6.45) is 1.65. The third kappa shape index (κ3) is 4.92. The van der Waals surface area contributed by atoms with Gasteiger partial charge in [0.2, 0.25) is 5.91 Å². The summed E-state index contributed by atoms with van der Waals surface area (Å²) >= 11 is 1.42. The number of hydrogen-bond acceptors (Lipinski definition) is 5. The smallest absolute Gasteiger partial charge is 0.258 e. The molecule has 0 fully saturated rings. The minimum absolute atomic E-state index is 0.0583. The molecule has 1 aliphatic heterocycles. The lowest BCUT2D eigenvalue weighted by atomic mass is 10.1. The molecule has 2 heterocycles. The number of para-hydroxylation sites is 2. The van der Waals surface area contributed by atoms with Crippen LogP contribution in [0, 0.1) is 0 Å². The van der Waals surface area contributed by atoms with Crippen molar-refractivity contribution in [3.05, 3.63) is 108 Å². The topological polar surface area (TPSA) is 91.4 Å². The standard InChI is InChI=1S/C27H20N4O3S/c32-24-17-31(23-11-5-4-10-22(23)30-24)27(34)18-12-14-19(15-13-18)29-25(33)21-9-6-16-28-26(21)35-20-7-2-1-3-8-20/h1-16H,17H2,(H,29,33)(H,30,32). The molecule has 8 heteroatoms. The van der Waals surface area contributed by atoms with Gasteiger partial charge in [-0.2, -0.15) is 0 Å². The predicted molar refractivity (Wildman–Crippen MR) is 136 cm³/mol. The Morgan fingerprint density at radius 3 is 2.43 bits per heavy atom. The molecule has 1 aliphatic rings. The normalized spacial score (nSPS) is 12.5. The summed E-state index contributed by atoms with van der Waals surface area (Å²) in [4.78, 5) is 45.0. The van der Waals surface area contributed by atoms with E-state index in [2.05, 4.69) is 15.6 Å². The van der Waals surface area contributed by atoms with Crippen LogP contribution in [0.2, 0.25) is 0 Å². The molecule has 0 bridgehead atoms. The average Bonchev–Trinajstić information content (AvgIpc) is 2.89. The second-order valence-corrected chi connectivity index (χ2v) is 8.82. The van der Waals surface area contributed by atoms with Crippen LogP contribution in [0.1, 0.15) is 20.7 Å². The SMILES string of the molecule is O=C1CN(C(=O)c2ccc(NC(=O)c3cccnc3Sc3ccccc3)cc2)c2ccccc2N1. The zero-order valence-electron chi connectivity index (χ0n) is 18.5. The van der Waals surface area contributed by atoms with Crippen LogP contribution in [0.4, 0.5) is 17.1 Å². The maximum atomic E-state index is 13.1. The lowest BCUT2D eigenvalue weighted by Gasteiger charge is -2.29. The van der Waals surface area contributed by atoms with Gasteiger partial charge in [-0.25, -0.2) is 4.98 Å². The fraction of sp³-hybridized carbons (Fsp3) is 0.0370. The Morgan fingerprint density at radius 2 is 1.63 bits per heavy atom. The molecule has 35 heavy (non-hydrogen) atoms. The summed E-state index contributed by atoms with van der Waals surface area (Å²) in [6.45, 7) is -0.0583. The highest BCUT2D eigenvalue weighted by molar-refractivity contribution is 7.99. The van der Waals surface area contributed by atoms with Crippen molar-refractivity contribution in [3.8, 4) is 0 Å². The fourth-order valence-corrected chi connectivity index (χ4v) is 4.61. The Hall–Kier alpha value is -4.43. The Kier molecular flexibility index (Phi) is 6.28. The van der Waals surface area contributed by atoms with E-state index in [1.807, 2.05) is 36.4 Å². The molecule has 2 N–H and O–H groups in total. The number of nitrogens with one attached hydrogen (secondary N) is 2. The molecule has 0 spiro atoms. The molecule has 3 aromatic carbocycles. The molecule has 7 nitrogen and oxygen atoms in total. The molecule has 3 amide bonds. The summed E-state index contributed by atoms with van der Waals surface area (Å²) in [5.74, 6) is -0.835. The Labute approximate surface area is 206 Å². The van der Waals surface area contributed by atoms with Crippen molar-refractivity contribution < 1.29 is 14.4 Å². The van der Waals surface area contributed by atoms with Crippen molar-refractivity contribution in [2.45, 2.75) is 9.92 Å². The highest BCUT2D eigenvalue weighted by atomic mass is 32.2. The first-order valence-corrected chi connectivity index (χ1v) is 11.7. The number of carbonyl (C=O) groups is 3. The van der Waals surface area contributed by atoms with Crippen molar-refractivity contribution in [3.63, 3.8) is 0 Å². The van der Waals surface area contributed by atoms with Crippen LogP contribution in [0.5, 0.6) is 0 Å². The quantitative estimate of drug-likeness (QED) is 0.416. The van der Waals surface area contributed by atoms with Gasteiger partial charge in [0.15, 0.2) is 0 Å². The molecule has 0 radical (unpaired) electrons. The molecule has 5 rings (SSSR count). The fourth-order valence-electron chi connectivity index (χ4n) is 3.71. The molecule has 4 aromatic rings. The van der Waals surface area contributed by atoms with Crippen molar-refractivity contribution in [1.29, 1.82) is 0 Å². The number of rotatable bonds is 5. The number of amides is 3. The first-order chi connectivity index (χ1) is 17.1.